The highest BCUT2D eigenvalue weighted by Gasteiger charge is 2.36. The molecule has 1 aliphatic rings. The first-order valence-corrected chi connectivity index (χ1v) is 11.1. The van der Waals surface area contributed by atoms with E-state index in [9.17, 15) is 24.5 Å². The predicted molar refractivity (Wildman–Crippen MR) is 128 cm³/mol. The second-order valence-corrected chi connectivity index (χ2v) is 8.13. The minimum Gasteiger partial charge on any atom is -0.493 e. The van der Waals surface area contributed by atoms with Gasteiger partial charge in [-0.3, -0.25) is 29.4 Å². The van der Waals surface area contributed by atoms with Crippen LogP contribution >= 0.6 is 11.8 Å². The molecule has 1 saturated heterocycles. The molecule has 1 fully saturated rings. The zero-order valence-electron chi connectivity index (χ0n) is 18.6. The summed E-state index contributed by atoms with van der Waals surface area (Å²) < 4.78 is 11.1. The van der Waals surface area contributed by atoms with Gasteiger partial charge in [-0.1, -0.05) is 6.08 Å². The van der Waals surface area contributed by atoms with E-state index in [0.717, 1.165) is 22.2 Å². The highest BCUT2D eigenvalue weighted by atomic mass is 32.2. The number of allylic oxidation sites excluding steroid dienone is 1. The number of hydrogen-bond donors (Lipinski definition) is 0. The number of methoxy groups -OCH3 is 1. The average molecular weight is 483 g/mol. The Hall–Kier alpha value is -3.92. The molecular formula is C24H22N2O7S. The molecule has 0 bridgehead atoms. The molecule has 0 saturated carbocycles. The van der Waals surface area contributed by atoms with Gasteiger partial charge in [0.1, 0.15) is 0 Å². The first-order chi connectivity index (χ1) is 16.3. The molecule has 3 rings (SSSR count). The number of carbonyl (C=O) groups is 3. The number of nitrogens with zero attached hydrogens (tertiary/aromatic N) is 2. The van der Waals surface area contributed by atoms with E-state index in [1.807, 2.05) is 13.0 Å². The van der Waals surface area contributed by atoms with Crippen LogP contribution < -0.4 is 9.47 Å². The number of nitro benzene ring substituents is 1. The van der Waals surface area contributed by atoms with E-state index in [1.165, 1.54) is 31.4 Å². The van der Waals surface area contributed by atoms with Crippen molar-refractivity contribution >= 4 is 40.5 Å². The van der Waals surface area contributed by atoms with Crippen LogP contribution in [0.5, 0.6) is 11.5 Å². The topological polar surface area (TPSA) is 116 Å². The summed E-state index contributed by atoms with van der Waals surface area (Å²) >= 11 is 0.733. The van der Waals surface area contributed by atoms with Gasteiger partial charge in [0.05, 0.1) is 30.1 Å². The van der Waals surface area contributed by atoms with Crippen molar-refractivity contribution in [3.8, 4) is 11.5 Å². The monoisotopic (exact) mass is 482 g/mol. The number of thioether (sulfide) groups is 1. The number of benzene rings is 2. The summed E-state index contributed by atoms with van der Waals surface area (Å²) in [5.41, 5.74) is 1.45. The highest BCUT2D eigenvalue weighted by Crippen LogP contribution is 2.37. The lowest BCUT2D eigenvalue weighted by Gasteiger charge is -2.14. The fraction of sp³-hybridized carbons (Fsp3) is 0.208. The third-order valence-electron chi connectivity index (χ3n) is 4.90. The number of imide groups is 1. The van der Waals surface area contributed by atoms with Gasteiger partial charge in [-0.25, -0.2) is 0 Å². The van der Waals surface area contributed by atoms with Gasteiger partial charge in [-0.2, -0.15) is 0 Å². The van der Waals surface area contributed by atoms with Crippen molar-refractivity contribution in [2.24, 2.45) is 0 Å². The summed E-state index contributed by atoms with van der Waals surface area (Å²) in [7, 11) is 1.54. The molecule has 0 spiro atoms. The minimum atomic E-state index is -0.593. The minimum absolute atomic E-state index is 0.160. The summed E-state index contributed by atoms with van der Waals surface area (Å²) in [6.07, 6.45) is 3.79. The molecule has 1 heterocycles. The van der Waals surface area contributed by atoms with E-state index >= 15 is 0 Å². The highest BCUT2D eigenvalue weighted by molar-refractivity contribution is 8.18. The molecule has 2 amide bonds. The van der Waals surface area contributed by atoms with Crippen LogP contribution in [0.3, 0.4) is 0 Å². The van der Waals surface area contributed by atoms with E-state index in [-0.39, 0.29) is 16.2 Å². The Kier molecular flexibility index (Phi) is 7.85. The number of ketones is 1. The maximum atomic E-state index is 12.9. The summed E-state index contributed by atoms with van der Waals surface area (Å²) in [6.45, 7) is 5.54. The number of Topliss-reactive ketones (excluding diaryl/α,β-unsaturated/α-hetero) is 1. The van der Waals surface area contributed by atoms with Gasteiger partial charge < -0.3 is 9.47 Å². The normalized spacial score (nSPS) is 14.4. The predicted octanol–water partition coefficient (Wildman–Crippen LogP) is 4.65. The van der Waals surface area contributed by atoms with Crippen LogP contribution in [-0.4, -0.2) is 47.0 Å². The molecule has 34 heavy (non-hydrogen) atoms. The van der Waals surface area contributed by atoms with Gasteiger partial charge in [-0.15, -0.1) is 6.58 Å². The molecule has 0 radical (unpaired) electrons. The fourth-order valence-electron chi connectivity index (χ4n) is 3.36. The van der Waals surface area contributed by atoms with Crippen molar-refractivity contribution < 1.29 is 28.8 Å². The zero-order chi connectivity index (χ0) is 24.8. The average Bonchev–Trinajstić information content (AvgIpc) is 3.06. The second-order valence-electron chi connectivity index (χ2n) is 7.13. The maximum Gasteiger partial charge on any atom is 0.293 e. The quantitative estimate of drug-likeness (QED) is 0.158. The lowest BCUT2D eigenvalue weighted by atomic mass is 10.0. The molecule has 0 atom stereocenters. The lowest BCUT2D eigenvalue weighted by molar-refractivity contribution is -0.384. The molecule has 0 aromatic heterocycles. The standard InChI is InChI=1S/C24H22N2O7S/c1-4-6-17-11-15(12-20(33-5-2)22(17)32-3)13-21-23(28)25(24(29)34-21)14-19(27)16-7-9-18(10-8-16)26(30)31/h4,7-13H,1,5-6,14H2,2-3H3/b21-13+. The summed E-state index contributed by atoms with van der Waals surface area (Å²) in [4.78, 5) is 49.1. The Morgan fingerprint density at radius 3 is 2.53 bits per heavy atom. The van der Waals surface area contributed by atoms with E-state index < -0.39 is 28.4 Å². The number of amides is 2. The molecule has 0 aliphatic carbocycles. The van der Waals surface area contributed by atoms with Gasteiger partial charge in [0.2, 0.25) is 0 Å². The van der Waals surface area contributed by atoms with Crippen LogP contribution in [0.4, 0.5) is 10.5 Å². The van der Waals surface area contributed by atoms with Gasteiger partial charge in [0.25, 0.3) is 16.8 Å². The Balaban J connectivity index is 1.84. The third kappa shape index (κ3) is 5.34. The van der Waals surface area contributed by atoms with E-state index in [0.29, 0.717) is 30.1 Å². The molecule has 0 N–H and O–H groups in total. The van der Waals surface area contributed by atoms with Crippen LogP contribution in [0, 0.1) is 10.1 Å². The first kappa shape index (κ1) is 24.7. The number of rotatable bonds is 10. The number of hydrogen-bond acceptors (Lipinski definition) is 8. The molecule has 176 valence electrons. The van der Waals surface area contributed by atoms with Crippen molar-refractivity contribution in [2.75, 3.05) is 20.3 Å². The van der Waals surface area contributed by atoms with E-state index in [1.54, 1.807) is 18.2 Å². The fourth-order valence-corrected chi connectivity index (χ4v) is 4.20. The Morgan fingerprint density at radius 1 is 1.24 bits per heavy atom. The van der Waals surface area contributed by atoms with Crippen LogP contribution in [0.15, 0.2) is 54.0 Å². The van der Waals surface area contributed by atoms with Crippen molar-refractivity contribution in [1.29, 1.82) is 0 Å². The second kappa shape index (κ2) is 10.8. The Morgan fingerprint density at radius 2 is 1.94 bits per heavy atom. The van der Waals surface area contributed by atoms with Gasteiger partial charge >= 0.3 is 0 Å². The molecule has 1 aliphatic heterocycles. The van der Waals surface area contributed by atoms with Crippen LogP contribution in [-0.2, 0) is 11.2 Å². The van der Waals surface area contributed by atoms with Crippen LogP contribution in [0.1, 0.15) is 28.4 Å². The number of nitro groups is 1. The van der Waals surface area contributed by atoms with Gasteiger partial charge in [0, 0.05) is 23.3 Å². The van der Waals surface area contributed by atoms with Gasteiger partial charge in [0.15, 0.2) is 17.3 Å². The SMILES string of the molecule is C=CCc1cc(/C=C2/SC(=O)N(CC(=O)c3ccc([N+](=O)[O-])cc3)C2=O)cc(OCC)c1OC. The van der Waals surface area contributed by atoms with Crippen molar-refractivity contribution in [3.63, 3.8) is 0 Å². The first-order valence-electron chi connectivity index (χ1n) is 10.3. The van der Waals surface area contributed by atoms with Gasteiger partial charge in [-0.05, 0) is 61.0 Å². The third-order valence-corrected chi connectivity index (χ3v) is 5.80. The van der Waals surface area contributed by atoms with E-state index in [4.69, 9.17) is 9.47 Å². The van der Waals surface area contributed by atoms with Crippen molar-refractivity contribution in [3.05, 3.63) is 80.8 Å². The Bertz CT molecular complexity index is 1190. The number of non-ortho nitro benzene ring substituents is 1. The van der Waals surface area contributed by atoms with E-state index in [2.05, 4.69) is 6.58 Å². The lowest BCUT2D eigenvalue weighted by Crippen LogP contribution is -2.33. The number of ether oxygens (including phenoxy) is 2. The van der Waals surface area contributed by atoms with Crippen molar-refractivity contribution in [1.82, 2.24) is 4.90 Å². The maximum absolute atomic E-state index is 12.9. The number of carbonyl (C=O) groups excluding carboxylic acids is 3. The van der Waals surface area contributed by atoms with Crippen LogP contribution in [0.2, 0.25) is 0 Å². The van der Waals surface area contributed by atoms with Crippen LogP contribution in [0.25, 0.3) is 6.08 Å². The largest absolute Gasteiger partial charge is 0.493 e. The molecular weight excluding hydrogens is 460 g/mol. The molecule has 9 nitrogen and oxygen atoms in total. The van der Waals surface area contributed by atoms with Crippen molar-refractivity contribution in [2.45, 2.75) is 13.3 Å². The summed E-state index contributed by atoms with van der Waals surface area (Å²) in [5, 5.41) is 10.2. The molecule has 2 aromatic rings. The summed E-state index contributed by atoms with van der Waals surface area (Å²) in [5.74, 6) is -0.0250. The molecule has 2 aromatic carbocycles. The Labute approximate surface area is 200 Å². The summed E-state index contributed by atoms with van der Waals surface area (Å²) in [6, 6.07) is 8.51. The molecule has 0 unspecified atom stereocenters. The molecule has 10 heteroatoms. The zero-order valence-corrected chi connectivity index (χ0v) is 19.4. The smallest absolute Gasteiger partial charge is 0.293 e.